The molecule has 94 valence electrons. The van der Waals surface area contributed by atoms with Crippen molar-refractivity contribution in [2.45, 2.75) is 23.5 Å². The number of hydrogen-bond donors (Lipinski definition) is 1. The zero-order valence-corrected chi connectivity index (χ0v) is 10.3. The monoisotopic (exact) mass is 267 g/mol. The maximum absolute atomic E-state index is 13.2. The second-order valence-electron chi connectivity index (χ2n) is 3.50. The molecule has 1 aromatic heterocycles. The van der Waals surface area contributed by atoms with Crippen molar-refractivity contribution in [2.24, 2.45) is 0 Å². The van der Waals surface area contributed by atoms with Gasteiger partial charge in [0.05, 0.1) is 0 Å². The van der Waals surface area contributed by atoms with Gasteiger partial charge in [-0.25, -0.2) is 14.3 Å². The number of aromatic nitrogens is 3. The van der Waals surface area contributed by atoms with Crippen molar-refractivity contribution < 1.29 is 9.18 Å². The molecule has 18 heavy (non-hydrogen) atoms. The first-order valence-corrected chi connectivity index (χ1v) is 6.04. The fourth-order valence-corrected chi connectivity index (χ4v) is 2.47. The number of nitrogens with zero attached hydrogens (tertiary/aromatic N) is 2. The van der Waals surface area contributed by atoms with Gasteiger partial charge in [0.1, 0.15) is 12.1 Å². The fourth-order valence-electron chi connectivity index (χ4n) is 1.48. The Kier molecular flexibility index (Phi) is 3.61. The SMILES string of the molecule is CCn1c(Sc2cc(F)cc(C=O)c2)n[nH]c1=O. The van der Waals surface area contributed by atoms with Gasteiger partial charge in [-0.1, -0.05) is 0 Å². The van der Waals surface area contributed by atoms with E-state index in [2.05, 4.69) is 10.2 Å². The lowest BCUT2D eigenvalue weighted by atomic mass is 10.2. The summed E-state index contributed by atoms with van der Waals surface area (Å²) in [7, 11) is 0. The van der Waals surface area contributed by atoms with E-state index < -0.39 is 5.82 Å². The van der Waals surface area contributed by atoms with Crippen LogP contribution in [0.4, 0.5) is 4.39 Å². The first kappa shape index (κ1) is 12.6. The molecule has 1 heterocycles. The van der Waals surface area contributed by atoms with Gasteiger partial charge in [0.15, 0.2) is 5.16 Å². The van der Waals surface area contributed by atoms with E-state index in [9.17, 15) is 14.0 Å². The molecule has 1 N–H and O–H groups in total. The van der Waals surface area contributed by atoms with E-state index in [1.54, 1.807) is 6.07 Å². The van der Waals surface area contributed by atoms with Crippen LogP contribution in [-0.2, 0) is 6.54 Å². The van der Waals surface area contributed by atoms with Crippen molar-refractivity contribution in [2.75, 3.05) is 0 Å². The number of rotatable bonds is 4. The quantitative estimate of drug-likeness (QED) is 0.856. The number of halogens is 1. The lowest BCUT2D eigenvalue weighted by Crippen LogP contribution is -2.15. The number of nitrogens with one attached hydrogen (secondary N) is 1. The van der Waals surface area contributed by atoms with Gasteiger partial charge in [0, 0.05) is 17.0 Å². The summed E-state index contributed by atoms with van der Waals surface area (Å²) in [5.41, 5.74) is -0.0644. The van der Waals surface area contributed by atoms with E-state index in [0.29, 0.717) is 22.9 Å². The minimum absolute atomic E-state index is 0.249. The predicted octanol–water partition coefficient (Wildman–Crippen LogP) is 1.69. The Morgan fingerprint density at radius 2 is 2.28 bits per heavy atom. The highest BCUT2D eigenvalue weighted by molar-refractivity contribution is 7.99. The third kappa shape index (κ3) is 2.51. The Balaban J connectivity index is 2.36. The molecule has 0 fully saturated rings. The first-order chi connectivity index (χ1) is 8.63. The normalized spacial score (nSPS) is 10.6. The number of carbonyl (C=O) groups is 1. The van der Waals surface area contributed by atoms with E-state index in [0.717, 1.165) is 17.8 Å². The molecule has 0 aliphatic rings. The molecule has 7 heteroatoms. The van der Waals surface area contributed by atoms with Crippen molar-refractivity contribution in [3.05, 3.63) is 40.1 Å². The Bertz CT molecular complexity index is 635. The number of benzene rings is 1. The molecular weight excluding hydrogens is 257 g/mol. The molecule has 0 aliphatic carbocycles. The van der Waals surface area contributed by atoms with Crippen molar-refractivity contribution in [3.63, 3.8) is 0 Å². The van der Waals surface area contributed by atoms with Crippen molar-refractivity contribution in [1.29, 1.82) is 0 Å². The molecule has 0 saturated heterocycles. The highest BCUT2D eigenvalue weighted by Gasteiger charge is 2.09. The summed E-state index contributed by atoms with van der Waals surface area (Å²) in [5, 5.41) is 6.60. The highest BCUT2D eigenvalue weighted by Crippen LogP contribution is 2.26. The Labute approximate surface area is 106 Å². The summed E-state index contributed by atoms with van der Waals surface area (Å²) in [6.45, 7) is 2.27. The van der Waals surface area contributed by atoms with Crippen LogP contribution < -0.4 is 5.69 Å². The van der Waals surface area contributed by atoms with Crippen molar-refractivity contribution >= 4 is 18.0 Å². The zero-order chi connectivity index (χ0) is 13.1. The summed E-state index contributed by atoms with van der Waals surface area (Å²) in [4.78, 5) is 22.5. The standard InChI is InChI=1S/C11H10FN3O2S/c1-2-15-10(17)13-14-11(15)18-9-4-7(6-16)3-8(12)5-9/h3-6H,2H2,1H3,(H,13,17). The third-order valence-electron chi connectivity index (χ3n) is 2.28. The minimum Gasteiger partial charge on any atom is -0.298 e. The van der Waals surface area contributed by atoms with Crippen LogP contribution in [0.15, 0.2) is 33.0 Å². The van der Waals surface area contributed by atoms with Gasteiger partial charge < -0.3 is 0 Å². The number of aromatic amines is 1. The Hall–Kier alpha value is -1.89. The zero-order valence-electron chi connectivity index (χ0n) is 9.51. The van der Waals surface area contributed by atoms with Gasteiger partial charge in [0.2, 0.25) is 0 Å². The average Bonchev–Trinajstić information content (AvgIpc) is 2.69. The maximum atomic E-state index is 13.2. The van der Waals surface area contributed by atoms with Gasteiger partial charge in [-0.3, -0.25) is 9.36 Å². The van der Waals surface area contributed by atoms with Crippen LogP contribution in [0.25, 0.3) is 0 Å². The molecule has 0 saturated carbocycles. The third-order valence-corrected chi connectivity index (χ3v) is 3.24. The van der Waals surface area contributed by atoms with Crippen LogP contribution in [0.2, 0.25) is 0 Å². The van der Waals surface area contributed by atoms with E-state index in [-0.39, 0.29) is 11.3 Å². The second-order valence-corrected chi connectivity index (χ2v) is 4.54. The van der Waals surface area contributed by atoms with E-state index >= 15 is 0 Å². The first-order valence-electron chi connectivity index (χ1n) is 5.23. The molecule has 2 aromatic rings. The van der Waals surface area contributed by atoms with Gasteiger partial charge in [-0.05, 0) is 36.9 Å². The van der Waals surface area contributed by atoms with Gasteiger partial charge >= 0.3 is 5.69 Å². The van der Waals surface area contributed by atoms with Crippen molar-refractivity contribution in [1.82, 2.24) is 14.8 Å². The van der Waals surface area contributed by atoms with Crippen LogP contribution in [0, 0.1) is 5.82 Å². The molecule has 1 aromatic carbocycles. The summed E-state index contributed by atoms with van der Waals surface area (Å²) in [6.07, 6.45) is 0.574. The molecule has 0 unspecified atom stereocenters. The predicted molar refractivity (Wildman–Crippen MR) is 64.4 cm³/mol. The molecular formula is C11H10FN3O2S. The average molecular weight is 267 g/mol. The maximum Gasteiger partial charge on any atom is 0.343 e. The minimum atomic E-state index is -0.497. The summed E-state index contributed by atoms with van der Waals surface area (Å²) < 4.78 is 14.7. The van der Waals surface area contributed by atoms with Crippen LogP contribution in [0.3, 0.4) is 0 Å². The number of aldehydes is 1. The Morgan fingerprint density at radius 3 is 2.94 bits per heavy atom. The smallest absolute Gasteiger partial charge is 0.298 e. The summed E-state index contributed by atoms with van der Waals surface area (Å²) in [5.74, 6) is -0.497. The fraction of sp³-hybridized carbons (Fsp3) is 0.182. The van der Waals surface area contributed by atoms with Crippen LogP contribution >= 0.6 is 11.8 Å². The van der Waals surface area contributed by atoms with Gasteiger partial charge in [-0.2, -0.15) is 0 Å². The molecule has 5 nitrogen and oxygen atoms in total. The second kappa shape index (κ2) is 5.18. The van der Waals surface area contributed by atoms with E-state index in [1.807, 2.05) is 6.92 Å². The largest absolute Gasteiger partial charge is 0.343 e. The van der Waals surface area contributed by atoms with Crippen LogP contribution in [0.1, 0.15) is 17.3 Å². The lowest BCUT2D eigenvalue weighted by molar-refractivity contribution is 0.112. The lowest BCUT2D eigenvalue weighted by Gasteiger charge is -2.03. The number of H-pyrrole nitrogens is 1. The molecule has 0 amide bonds. The number of carbonyl (C=O) groups excluding carboxylic acids is 1. The van der Waals surface area contributed by atoms with Crippen molar-refractivity contribution in [3.8, 4) is 0 Å². The Morgan fingerprint density at radius 1 is 1.50 bits per heavy atom. The van der Waals surface area contributed by atoms with E-state index in [4.69, 9.17) is 0 Å². The molecule has 0 bridgehead atoms. The molecule has 0 radical (unpaired) electrons. The van der Waals surface area contributed by atoms with Gasteiger partial charge in [-0.15, -0.1) is 5.10 Å². The van der Waals surface area contributed by atoms with E-state index in [1.165, 1.54) is 10.6 Å². The number of hydrogen-bond acceptors (Lipinski definition) is 4. The van der Waals surface area contributed by atoms with Crippen LogP contribution in [-0.4, -0.2) is 21.1 Å². The van der Waals surface area contributed by atoms with Crippen LogP contribution in [0.5, 0.6) is 0 Å². The highest BCUT2D eigenvalue weighted by atomic mass is 32.2. The molecule has 2 rings (SSSR count). The molecule has 0 aliphatic heterocycles. The molecule has 0 atom stereocenters. The topological polar surface area (TPSA) is 67.8 Å². The summed E-state index contributed by atoms with van der Waals surface area (Å²) >= 11 is 1.13. The molecule has 0 spiro atoms. The summed E-state index contributed by atoms with van der Waals surface area (Å²) in [6, 6.07) is 3.98. The van der Waals surface area contributed by atoms with Gasteiger partial charge in [0.25, 0.3) is 0 Å².